The largest absolute Gasteiger partial charge is 0.362 e. The minimum absolute atomic E-state index is 0.164. The molecule has 1 aromatic carbocycles. The number of nitrogens with zero attached hydrogens (tertiary/aromatic N) is 4. The standard InChI is InChI=1S/C17H20N4O2S2/c1-11-12(2)18-15-14(25(22,23)13-9-7-6-8-10-13)16(24-5)19-21(15)17(11)20(3)4/h6-10H,1-5H3. The van der Waals surface area contributed by atoms with Crippen molar-refractivity contribution >= 4 is 33.1 Å². The molecular weight excluding hydrogens is 356 g/mol. The van der Waals surface area contributed by atoms with Crippen molar-refractivity contribution in [2.45, 2.75) is 28.7 Å². The first-order chi connectivity index (χ1) is 11.8. The van der Waals surface area contributed by atoms with Crippen LogP contribution >= 0.6 is 11.8 Å². The number of sulfone groups is 1. The maximum Gasteiger partial charge on any atom is 0.213 e. The number of hydrogen-bond acceptors (Lipinski definition) is 6. The van der Waals surface area contributed by atoms with Gasteiger partial charge in [-0.15, -0.1) is 11.8 Å². The Morgan fingerprint density at radius 2 is 1.76 bits per heavy atom. The van der Waals surface area contributed by atoms with Crippen LogP contribution in [0.15, 0.2) is 45.1 Å². The third-order valence-electron chi connectivity index (χ3n) is 4.08. The summed E-state index contributed by atoms with van der Waals surface area (Å²) in [5, 5.41) is 4.99. The summed E-state index contributed by atoms with van der Waals surface area (Å²) in [6.45, 7) is 3.84. The van der Waals surface area contributed by atoms with Crippen molar-refractivity contribution in [1.29, 1.82) is 0 Å². The van der Waals surface area contributed by atoms with Gasteiger partial charge in [0.25, 0.3) is 0 Å². The second-order valence-electron chi connectivity index (χ2n) is 5.93. The highest BCUT2D eigenvalue weighted by molar-refractivity contribution is 7.99. The van der Waals surface area contributed by atoms with Gasteiger partial charge in [-0.05, 0) is 32.2 Å². The van der Waals surface area contributed by atoms with E-state index in [9.17, 15) is 8.42 Å². The summed E-state index contributed by atoms with van der Waals surface area (Å²) in [6, 6.07) is 8.41. The Balaban J connectivity index is 2.44. The van der Waals surface area contributed by atoms with Crippen LogP contribution in [-0.2, 0) is 9.84 Å². The lowest BCUT2D eigenvalue weighted by Crippen LogP contribution is -2.17. The minimum Gasteiger partial charge on any atom is -0.362 e. The summed E-state index contributed by atoms with van der Waals surface area (Å²) in [6.07, 6.45) is 1.82. The van der Waals surface area contributed by atoms with E-state index in [0.717, 1.165) is 17.1 Å². The fraction of sp³-hybridized carbons (Fsp3) is 0.294. The molecule has 0 aliphatic rings. The summed E-state index contributed by atoms with van der Waals surface area (Å²) in [5.74, 6) is 0.826. The van der Waals surface area contributed by atoms with Crippen molar-refractivity contribution in [3.63, 3.8) is 0 Å². The molecule has 2 heterocycles. The molecule has 8 heteroatoms. The molecule has 0 spiro atoms. The molecule has 0 unspecified atom stereocenters. The molecule has 0 bridgehead atoms. The Bertz CT molecular complexity index is 1040. The summed E-state index contributed by atoms with van der Waals surface area (Å²) in [5.41, 5.74) is 2.12. The molecule has 0 aliphatic heterocycles. The van der Waals surface area contributed by atoms with Gasteiger partial charge in [0.2, 0.25) is 9.84 Å². The Hall–Kier alpha value is -2.06. The van der Waals surface area contributed by atoms with Gasteiger partial charge >= 0.3 is 0 Å². The average Bonchev–Trinajstić information content (AvgIpc) is 2.94. The Morgan fingerprint density at radius 3 is 2.32 bits per heavy atom. The molecule has 0 saturated carbocycles. The second-order valence-corrected chi connectivity index (χ2v) is 8.61. The summed E-state index contributed by atoms with van der Waals surface area (Å²) in [4.78, 5) is 6.89. The zero-order valence-electron chi connectivity index (χ0n) is 14.8. The van der Waals surface area contributed by atoms with Crippen LogP contribution in [0, 0.1) is 13.8 Å². The number of fused-ring (bicyclic) bond motifs is 1. The molecule has 0 fully saturated rings. The van der Waals surface area contributed by atoms with Gasteiger partial charge in [0.05, 0.1) is 4.90 Å². The average molecular weight is 377 g/mol. The molecule has 132 valence electrons. The van der Waals surface area contributed by atoms with Gasteiger partial charge < -0.3 is 4.90 Å². The summed E-state index contributed by atoms with van der Waals surface area (Å²) in [7, 11) is 0.0972. The van der Waals surface area contributed by atoms with Crippen LogP contribution in [0.1, 0.15) is 11.3 Å². The van der Waals surface area contributed by atoms with E-state index in [1.807, 2.05) is 39.1 Å². The molecule has 0 radical (unpaired) electrons. The molecule has 0 amide bonds. The number of benzene rings is 1. The number of aromatic nitrogens is 3. The van der Waals surface area contributed by atoms with Gasteiger partial charge in [0.15, 0.2) is 10.5 Å². The number of rotatable bonds is 4. The van der Waals surface area contributed by atoms with E-state index in [4.69, 9.17) is 0 Å². The zero-order chi connectivity index (χ0) is 18.4. The first kappa shape index (κ1) is 17.8. The SMILES string of the molecule is CSc1nn2c(N(C)C)c(C)c(C)nc2c1S(=O)(=O)c1ccccc1. The molecule has 0 N–H and O–H groups in total. The van der Waals surface area contributed by atoms with Gasteiger partial charge in [-0.25, -0.2) is 13.4 Å². The van der Waals surface area contributed by atoms with Crippen molar-refractivity contribution in [2.75, 3.05) is 25.3 Å². The van der Waals surface area contributed by atoms with Gasteiger partial charge in [-0.3, -0.25) is 0 Å². The molecular formula is C17H20N4O2S2. The number of aryl methyl sites for hydroxylation is 1. The second kappa shape index (κ2) is 6.34. The van der Waals surface area contributed by atoms with Crippen LogP contribution in [0.3, 0.4) is 0 Å². The van der Waals surface area contributed by atoms with Gasteiger partial charge in [0.1, 0.15) is 10.8 Å². The van der Waals surface area contributed by atoms with E-state index in [1.54, 1.807) is 34.8 Å². The van der Waals surface area contributed by atoms with E-state index in [1.165, 1.54) is 11.8 Å². The predicted molar refractivity (Wildman–Crippen MR) is 100 cm³/mol. The first-order valence-corrected chi connectivity index (χ1v) is 10.4. The number of anilines is 1. The summed E-state index contributed by atoms with van der Waals surface area (Å²) < 4.78 is 28.1. The quantitative estimate of drug-likeness (QED) is 0.652. The molecule has 2 aromatic heterocycles. The van der Waals surface area contributed by atoms with Gasteiger partial charge in [-0.2, -0.15) is 9.61 Å². The van der Waals surface area contributed by atoms with Crippen LogP contribution in [0.2, 0.25) is 0 Å². The highest BCUT2D eigenvalue weighted by Crippen LogP contribution is 2.34. The van der Waals surface area contributed by atoms with E-state index in [2.05, 4.69) is 10.1 Å². The van der Waals surface area contributed by atoms with Gasteiger partial charge in [-0.1, -0.05) is 18.2 Å². The van der Waals surface area contributed by atoms with E-state index in [-0.39, 0.29) is 9.79 Å². The lowest BCUT2D eigenvalue weighted by Gasteiger charge is -2.18. The molecule has 3 aromatic rings. The van der Waals surface area contributed by atoms with Crippen LogP contribution in [-0.4, -0.2) is 43.4 Å². The molecule has 0 saturated heterocycles. The topological polar surface area (TPSA) is 67.6 Å². The predicted octanol–water partition coefficient (Wildman–Crippen LogP) is 2.97. The monoisotopic (exact) mass is 376 g/mol. The highest BCUT2D eigenvalue weighted by atomic mass is 32.2. The summed E-state index contributed by atoms with van der Waals surface area (Å²) >= 11 is 1.31. The van der Waals surface area contributed by atoms with E-state index in [0.29, 0.717) is 10.7 Å². The van der Waals surface area contributed by atoms with Crippen LogP contribution in [0.25, 0.3) is 5.65 Å². The lowest BCUT2D eigenvalue weighted by molar-refractivity contribution is 0.594. The smallest absolute Gasteiger partial charge is 0.213 e. The Kier molecular flexibility index (Phi) is 4.51. The van der Waals surface area contributed by atoms with Crippen molar-refractivity contribution < 1.29 is 8.42 Å². The fourth-order valence-electron chi connectivity index (χ4n) is 2.80. The van der Waals surface area contributed by atoms with Crippen molar-refractivity contribution in [1.82, 2.24) is 14.6 Å². The number of hydrogen-bond donors (Lipinski definition) is 0. The normalized spacial score (nSPS) is 11.9. The van der Waals surface area contributed by atoms with Crippen LogP contribution in [0.4, 0.5) is 5.82 Å². The Morgan fingerprint density at radius 1 is 1.12 bits per heavy atom. The zero-order valence-corrected chi connectivity index (χ0v) is 16.4. The Labute approximate surface area is 151 Å². The van der Waals surface area contributed by atoms with E-state index < -0.39 is 9.84 Å². The highest BCUT2D eigenvalue weighted by Gasteiger charge is 2.30. The fourth-order valence-corrected chi connectivity index (χ4v) is 5.21. The molecule has 3 rings (SSSR count). The maximum atomic E-state index is 13.2. The lowest BCUT2D eigenvalue weighted by atomic mass is 10.2. The third kappa shape index (κ3) is 2.79. The van der Waals surface area contributed by atoms with Crippen molar-refractivity contribution in [3.8, 4) is 0 Å². The van der Waals surface area contributed by atoms with Crippen molar-refractivity contribution in [3.05, 3.63) is 41.6 Å². The maximum absolute atomic E-state index is 13.2. The van der Waals surface area contributed by atoms with Crippen LogP contribution in [0.5, 0.6) is 0 Å². The first-order valence-electron chi connectivity index (χ1n) is 7.70. The molecule has 6 nitrogen and oxygen atoms in total. The molecule has 0 aliphatic carbocycles. The molecule has 0 atom stereocenters. The van der Waals surface area contributed by atoms with Gasteiger partial charge in [0, 0.05) is 25.4 Å². The van der Waals surface area contributed by atoms with E-state index >= 15 is 0 Å². The van der Waals surface area contributed by atoms with Crippen LogP contribution < -0.4 is 4.90 Å². The van der Waals surface area contributed by atoms with Crippen molar-refractivity contribution in [2.24, 2.45) is 0 Å². The minimum atomic E-state index is -3.72. The molecule has 25 heavy (non-hydrogen) atoms. The third-order valence-corrected chi connectivity index (χ3v) is 6.69. The number of thioether (sulfide) groups is 1.